The summed E-state index contributed by atoms with van der Waals surface area (Å²) in [5.41, 5.74) is 0. The Balaban J connectivity index is 2.23. The Hall–Kier alpha value is -0.920. The Morgan fingerprint density at radius 1 is 1.37 bits per heavy atom. The summed E-state index contributed by atoms with van der Waals surface area (Å²) >= 11 is 0.955. The Labute approximate surface area is 117 Å². The molecule has 0 amide bonds. The van der Waals surface area contributed by atoms with Crippen LogP contribution in [0, 0.1) is 0 Å². The molecule has 0 aromatic carbocycles. The zero-order valence-electron chi connectivity index (χ0n) is 11.0. The molecule has 0 saturated heterocycles. The molecular formula is C12H17NO4S2. The van der Waals surface area contributed by atoms with Gasteiger partial charge in [-0.3, -0.25) is 0 Å². The van der Waals surface area contributed by atoms with E-state index in [-0.39, 0.29) is 10.3 Å². The van der Waals surface area contributed by atoms with Crippen molar-refractivity contribution in [3.8, 4) is 0 Å². The molecule has 0 atom stereocenters. The minimum atomic E-state index is -3.50. The molecule has 0 bridgehead atoms. The maximum atomic E-state index is 12.4. The minimum Gasteiger partial charge on any atom is -0.465 e. The number of sulfonamides is 1. The van der Waals surface area contributed by atoms with Crippen LogP contribution in [0.2, 0.25) is 0 Å². The highest BCUT2D eigenvalue weighted by Gasteiger charge is 2.31. The maximum absolute atomic E-state index is 12.4. The summed E-state index contributed by atoms with van der Waals surface area (Å²) in [6.45, 7) is 0. The smallest absolute Gasteiger partial charge is 0.348 e. The molecule has 2 rings (SSSR count). The predicted molar refractivity (Wildman–Crippen MR) is 72.9 cm³/mol. The average molecular weight is 303 g/mol. The van der Waals surface area contributed by atoms with Crippen molar-refractivity contribution in [1.82, 2.24) is 4.31 Å². The predicted octanol–water partition coefficient (Wildman–Crippen LogP) is 2.10. The van der Waals surface area contributed by atoms with Crippen LogP contribution in [0.3, 0.4) is 0 Å². The zero-order chi connectivity index (χ0) is 14.0. The molecule has 1 aromatic rings. The lowest BCUT2D eigenvalue weighted by Crippen LogP contribution is -2.34. The first-order chi connectivity index (χ1) is 8.96. The number of rotatable bonds is 4. The number of hydrogen-bond donors (Lipinski definition) is 0. The van der Waals surface area contributed by atoms with Crippen LogP contribution in [0.1, 0.15) is 35.4 Å². The van der Waals surface area contributed by atoms with Crippen molar-refractivity contribution in [3.05, 3.63) is 17.0 Å². The number of ether oxygens (including phenoxy) is 1. The van der Waals surface area contributed by atoms with Crippen LogP contribution < -0.4 is 0 Å². The molecule has 19 heavy (non-hydrogen) atoms. The number of nitrogens with zero attached hydrogens (tertiary/aromatic N) is 1. The lowest BCUT2D eigenvalue weighted by atomic mass is 10.3. The summed E-state index contributed by atoms with van der Waals surface area (Å²) in [5, 5.41) is 0. The monoisotopic (exact) mass is 303 g/mol. The highest BCUT2D eigenvalue weighted by molar-refractivity contribution is 7.91. The molecule has 1 aliphatic carbocycles. The van der Waals surface area contributed by atoms with Crippen LogP contribution in [-0.4, -0.2) is 38.9 Å². The van der Waals surface area contributed by atoms with Gasteiger partial charge in [0.1, 0.15) is 9.09 Å². The molecule has 1 aliphatic rings. The topological polar surface area (TPSA) is 63.7 Å². The van der Waals surface area contributed by atoms with E-state index in [2.05, 4.69) is 4.74 Å². The molecule has 1 fully saturated rings. The lowest BCUT2D eigenvalue weighted by Gasteiger charge is -2.22. The number of methoxy groups -OCH3 is 1. The molecule has 0 spiro atoms. The van der Waals surface area contributed by atoms with E-state index in [0.717, 1.165) is 37.0 Å². The molecule has 0 radical (unpaired) electrons. The van der Waals surface area contributed by atoms with Crippen LogP contribution in [0.4, 0.5) is 0 Å². The van der Waals surface area contributed by atoms with Gasteiger partial charge in [0.05, 0.1) is 7.11 Å². The van der Waals surface area contributed by atoms with Crippen LogP contribution in [0.5, 0.6) is 0 Å². The number of hydrogen-bond acceptors (Lipinski definition) is 5. The highest BCUT2D eigenvalue weighted by Crippen LogP contribution is 2.30. The fourth-order valence-electron chi connectivity index (χ4n) is 2.28. The van der Waals surface area contributed by atoms with Crippen LogP contribution in [0.25, 0.3) is 0 Å². The third-order valence-electron chi connectivity index (χ3n) is 3.44. The first-order valence-electron chi connectivity index (χ1n) is 6.13. The molecule has 106 valence electrons. The van der Waals surface area contributed by atoms with Crippen LogP contribution in [0.15, 0.2) is 16.3 Å². The minimum absolute atomic E-state index is 0.0775. The van der Waals surface area contributed by atoms with Crippen LogP contribution in [-0.2, 0) is 14.8 Å². The SMILES string of the molecule is COC(=O)c1ccc(S(=O)(=O)N(C)C2CCCC2)s1. The van der Waals surface area contributed by atoms with Crippen molar-refractivity contribution in [1.29, 1.82) is 0 Å². The summed E-state index contributed by atoms with van der Waals surface area (Å²) < 4.78 is 31.1. The van der Waals surface area contributed by atoms with Crippen molar-refractivity contribution in [3.63, 3.8) is 0 Å². The second kappa shape index (κ2) is 5.60. The summed E-state index contributed by atoms with van der Waals surface area (Å²) in [5.74, 6) is -0.505. The number of thiophene rings is 1. The molecule has 1 heterocycles. The molecule has 5 nitrogen and oxygen atoms in total. The van der Waals surface area contributed by atoms with Gasteiger partial charge in [-0.2, -0.15) is 4.31 Å². The molecule has 7 heteroatoms. The van der Waals surface area contributed by atoms with Gasteiger partial charge in [-0.05, 0) is 25.0 Å². The normalized spacial score (nSPS) is 17.0. The van der Waals surface area contributed by atoms with Crippen molar-refractivity contribution in [2.75, 3.05) is 14.2 Å². The van der Waals surface area contributed by atoms with E-state index in [4.69, 9.17) is 0 Å². The second-order valence-corrected chi connectivity index (χ2v) is 7.88. The van der Waals surface area contributed by atoms with Gasteiger partial charge < -0.3 is 4.74 Å². The van der Waals surface area contributed by atoms with Crippen molar-refractivity contribution >= 4 is 27.3 Å². The quantitative estimate of drug-likeness (QED) is 0.799. The Kier molecular flexibility index (Phi) is 4.27. The van der Waals surface area contributed by atoms with Gasteiger partial charge in [0.25, 0.3) is 10.0 Å². The van der Waals surface area contributed by atoms with E-state index in [1.807, 2.05) is 0 Å². The van der Waals surface area contributed by atoms with Gasteiger partial charge in [-0.15, -0.1) is 11.3 Å². The summed E-state index contributed by atoms with van der Waals surface area (Å²) in [4.78, 5) is 11.7. The van der Waals surface area contributed by atoms with Gasteiger partial charge in [0.15, 0.2) is 0 Å². The van der Waals surface area contributed by atoms with E-state index < -0.39 is 16.0 Å². The van der Waals surface area contributed by atoms with Crippen molar-refractivity contribution in [2.45, 2.75) is 35.9 Å². The number of esters is 1. The maximum Gasteiger partial charge on any atom is 0.348 e. The molecule has 0 N–H and O–H groups in total. The van der Waals surface area contributed by atoms with E-state index in [9.17, 15) is 13.2 Å². The van der Waals surface area contributed by atoms with Gasteiger partial charge >= 0.3 is 5.97 Å². The third kappa shape index (κ3) is 2.82. The zero-order valence-corrected chi connectivity index (χ0v) is 12.6. The largest absolute Gasteiger partial charge is 0.465 e. The molecule has 1 saturated carbocycles. The molecule has 0 aliphatic heterocycles. The van der Waals surface area contributed by atoms with E-state index >= 15 is 0 Å². The fourth-order valence-corrected chi connectivity index (χ4v) is 5.10. The summed E-state index contributed by atoms with van der Waals surface area (Å²) in [7, 11) is -0.607. The van der Waals surface area contributed by atoms with E-state index in [1.54, 1.807) is 7.05 Å². The molecule has 0 unspecified atom stereocenters. The van der Waals surface area contributed by atoms with Crippen molar-refractivity contribution in [2.24, 2.45) is 0 Å². The van der Waals surface area contributed by atoms with E-state index in [1.165, 1.54) is 23.5 Å². The lowest BCUT2D eigenvalue weighted by molar-refractivity contribution is 0.0606. The Morgan fingerprint density at radius 2 is 2.00 bits per heavy atom. The first kappa shape index (κ1) is 14.5. The summed E-state index contributed by atoms with van der Waals surface area (Å²) in [6, 6.07) is 3.04. The standard InChI is InChI=1S/C12H17NO4S2/c1-13(9-5-3-4-6-9)19(15,16)11-8-7-10(18-11)12(14)17-2/h7-9H,3-6H2,1-2H3. The first-order valence-corrected chi connectivity index (χ1v) is 8.38. The molecular weight excluding hydrogens is 286 g/mol. The Morgan fingerprint density at radius 3 is 2.58 bits per heavy atom. The fraction of sp³-hybridized carbons (Fsp3) is 0.583. The second-order valence-electron chi connectivity index (χ2n) is 4.57. The van der Waals surface area contributed by atoms with Gasteiger partial charge in [0, 0.05) is 13.1 Å². The average Bonchev–Trinajstić information content (AvgIpc) is 3.07. The van der Waals surface area contributed by atoms with Crippen LogP contribution >= 0.6 is 11.3 Å². The molecule has 1 aromatic heterocycles. The Bertz CT molecular complexity index is 558. The number of carbonyl (C=O) groups is 1. The van der Waals surface area contributed by atoms with Crippen molar-refractivity contribution < 1.29 is 17.9 Å². The highest BCUT2D eigenvalue weighted by atomic mass is 32.2. The number of carbonyl (C=O) groups excluding carboxylic acids is 1. The third-order valence-corrected chi connectivity index (χ3v) is 6.88. The summed E-state index contributed by atoms with van der Waals surface area (Å²) in [6.07, 6.45) is 3.96. The van der Waals surface area contributed by atoms with Gasteiger partial charge in [0.2, 0.25) is 0 Å². The van der Waals surface area contributed by atoms with E-state index in [0.29, 0.717) is 4.88 Å². The van der Waals surface area contributed by atoms with Gasteiger partial charge in [-0.25, -0.2) is 13.2 Å². The van der Waals surface area contributed by atoms with Gasteiger partial charge in [-0.1, -0.05) is 12.8 Å².